The highest BCUT2D eigenvalue weighted by atomic mass is 16.2. The fourth-order valence-electron chi connectivity index (χ4n) is 4.87. The largest absolute Gasteiger partial charge is 0.372 e. The maximum atomic E-state index is 13.2. The van der Waals surface area contributed by atoms with Crippen molar-refractivity contribution in [3.05, 3.63) is 53.1 Å². The number of hydrogen-bond acceptors (Lipinski definition) is 5. The van der Waals surface area contributed by atoms with Gasteiger partial charge in [-0.15, -0.1) is 0 Å². The highest BCUT2D eigenvalue weighted by Crippen LogP contribution is 2.32. The van der Waals surface area contributed by atoms with Crippen molar-refractivity contribution in [2.45, 2.75) is 44.7 Å². The Bertz CT molecular complexity index is 891. The molecule has 5 rings (SSSR count). The number of benzene rings is 1. The van der Waals surface area contributed by atoms with Gasteiger partial charge in [0.25, 0.3) is 5.91 Å². The molecule has 0 saturated carbocycles. The van der Waals surface area contributed by atoms with Crippen LogP contribution in [0.25, 0.3) is 0 Å². The van der Waals surface area contributed by atoms with Gasteiger partial charge in [0.2, 0.25) is 0 Å². The highest BCUT2D eigenvalue weighted by molar-refractivity contribution is 5.95. The summed E-state index contributed by atoms with van der Waals surface area (Å²) in [6, 6.07) is 8.14. The molecule has 1 atom stereocenters. The number of carbonyl (C=O) groups is 1. The maximum Gasteiger partial charge on any atom is 0.254 e. The van der Waals surface area contributed by atoms with Crippen molar-refractivity contribution >= 4 is 11.6 Å². The Morgan fingerprint density at radius 1 is 1.03 bits per heavy atom. The molecule has 0 N–H and O–H groups in total. The molecule has 29 heavy (non-hydrogen) atoms. The van der Waals surface area contributed by atoms with Gasteiger partial charge >= 0.3 is 0 Å². The zero-order valence-electron chi connectivity index (χ0n) is 17.2. The first-order chi connectivity index (χ1) is 14.2. The third-order valence-electron chi connectivity index (χ3n) is 6.54. The van der Waals surface area contributed by atoms with Gasteiger partial charge in [0.05, 0.1) is 6.04 Å². The number of fused-ring (bicyclic) bond motifs is 1. The van der Waals surface area contributed by atoms with E-state index in [-0.39, 0.29) is 11.9 Å². The van der Waals surface area contributed by atoms with Crippen molar-refractivity contribution in [3.8, 4) is 0 Å². The molecule has 2 fully saturated rings. The molecule has 0 radical (unpaired) electrons. The van der Waals surface area contributed by atoms with Crippen molar-refractivity contribution in [2.75, 3.05) is 38.1 Å². The second kappa shape index (κ2) is 7.75. The summed E-state index contributed by atoms with van der Waals surface area (Å²) in [5, 5.41) is 0. The second-order valence-corrected chi connectivity index (χ2v) is 8.59. The number of anilines is 1. The molecule has 1 unspecified atom stereocenters. The van der Waals surface area contributed by atoms with Crippen molar-refractivity contribution in [1.82, 2.24) is 19.8 Å². The van der Waals surface area contributed by atoms with Gasteiger partial charge in [-0.25, -0.2) is 9.97 Å². The lowest BCUT2D eigenvalue weighted by Gasteiger charge is -2.27. The molecule has 1 amide bonds. The molecule has 2 saturated heterocycles. The molecule has 6 heteroatoms. The van der Waals surface area contributed by atoms with E-state index in [0.29, 0.717) is 0 Å². The smallest absolute Gasteiger partial charge is 0.254 e. The topological polar surface area (TPSA) is 52.6 Å². The van der Waals surface area contributed by atoms with E-state index in [4.69, 9.17) is 4.98 Å². The summed E-state index contributed by atoms with van der Waals surface area (Å²) in [6.45, 7) is 4.95. The molecule has 3 aliphatic rings. The van der Waals surface area contributed by atoms with E-state index in [1.165, 1.54) is 24.1 Å². The maximum absolute atomic E-state index is 13.2. The molecule has 0 aliphatic carbocycles. The lowest BCUT2D eigenvalue weighted by atomic mass is 10.1. The quantitative estimate of drug-likeness (QED) is 0.805. The number of rotatable bonds is 3. The van der Waals surface area contributed by atoms with Crippen LogP contribution in [0.3, 0.4) is 0 Å². The molecule has 3 aliphatic heterocycles. The first-order valence-electron chi connectivity index (χ1n) is 10.9. The van der Waals surface area contributed by atoms with E-state index in [2.05, 4.69) is 34.0 Å². The number of hydrogen-bond donors (Lipinski definition) is 0. The minimum Gasteiger partial charge on any atom is -0.372 e. The van der Waals surface area contributed by atoms with Crippen LogP contribution in [-0.2, 0) is 13.0 Å². The summed E-state index contributed by atoms with van der Waals surface area (Å²) in [5.41, 5.74) is 4.36. The molecule has 0 bridgehead atoms. The highest BCUT2D eigenvalue weighted by Gasteiger charge is 2.33. The predicted octanol–water partition coefficient (Wildman–Crippen LogP) is 3.04. The summed E-state index contributed by atoms with van der Waals surface area (Å²) in [7, 11) is 2.13. The van der Waals surface area contributed by atoms with Gasteiger partial charge in [-0.3, -0.25) is 4.79 Å². The standard InChI is InChI=1S/C23H29N5O/c1-26-14-10-20-18(16-26)15-24-22(25-20)21-5-4-13-28(21)23(29)17-6-8-19(9-7-17)27-11-2-3-12-27/h6-9,15,21H,2-5,10-14,16H2,1H3. The van der Waals surface area contributed by atoms with Crippen molar-refractivity contribution < 1.29 is 4.79 Å². The van der Waals surface area contributed by atoms with Gasteiger partial charge in [-0.1, -0.05) is 0 Å². The Labute approximate surface area is 172 Å². The molecule has 152 valence electrons. The van der Waals surface area contributed by atoms with E-state index < -0.39 is 0 Å². The van der Waals surface area contributed by atoms with Crippen LogP contribution in [0.1, 0.15) is 59.2 Å². The Kier molecular flexibility index (Phi) is 4.96. The number of likely N-dealkylation sites (tertiary alicyclic amines) is 1. The normalized spacial score (nSPS) is 22.2. The summed E-state index contributed by atoms with van der Waals surface area (Å²) in [4.78, 5) is 29.5. The van der Waals surface area contributed by atoms with Crippen molar-refractivity contribution in [2.24, 2.45) is 0 Å². The molecular weight excluding hydrogens is 362 g/mol. The molecule has 4 heterocycles. The zero-order chi connectivity index (χ0) is 19.8. The van der Waals surface area contributed by atoms with Crippen LogP contribution in [0.4, 0.5) is 5.69 Å². The Hall–Kier alpha value is -2.47. The average Bonchev–Trinajstić information content (AvgIpc) is 3.45. The number of amides is 1. The van der Waals surface area contributed by atoms with Gasteiger partial charge in [0.1, 0.15) is 0 Å². The van der Waals surface area contributed by atoms with Crippen molar-refractivity contribution in [1.29, 1.82) is 0 Å². The van der Waals surface area contributed by atoms with Crippen LogP contribution in [0.15, 0.2) is 30.5 Å². The summed E-state index contributed by atoms with van der Waals surface area (Å²) >= 11 is 0. The number of aromatic nitrogens is 2. The minimum absolute atomic E-state index is 0.00860. The molecular formula is C23H29N5O. The van der Waals surface area contributed by atoms with Crippen LogP contribution in [0, 0.1) is 0 Å². The molecule has 2 aromatic rings. The van der Waals surface area contributed by atoms with Crippen LogP contribution < -0.4 is 4.90 Å². The third-order valence-corrected chi connectivity index (χ3v) is 6.54. The molecule has 1 aromatic heterocycles. The van der Waals surface area contributed by atoms with E-state index in [0.717, 1.165) is 69.1 Å². The van der Waals surface area contributed by atoms with Crippen LogP contribution >= 0.6 is 0 Å². The second-order valence-electron chi connectivity index (χ2n) is 8.59. The number of likely N-dealkylation sites (N-methyl/N-ethyl adjacent to an activating group) is 1. The van der Waals surface area contributed by atoms with E-state index >= 15 is 0 Å². The molecule has 1 aromatic carbocycles. The van der Waals surface area contributed by atoms with Crippen molar-refractivity contribution in [3.63, 3.8) is 0 Å². The van der Waals surface area contributed by atoms with E-state index in [1.807, 2.05) is 23.2 Å². The third kappa shape index (κ3) is 3.62. The fourth-order valence-corrected chi connectivity index (χ4v) is 4.87. The monoisotopic (exact) mass is 391 g/mol. The van der Waals surface area contributed by atoms with E-state index in [1.54, 1.807) is 0 Å². The fraction of sp³-hybridized carbons (Fsp3) is 0.522. The van der Waals surface area contributed by atoms with E-state index in [9.17, 15) is 4.79 Å². The number of carbonyl (C=O) groups excluding carboxylic acids is 1. The summed E-state index contributed by atoms with van der Waals surface area (Å²) in [6.07, 6.45) is 7.39. The summed E-state index contributed by atoms with van der Waals surface area (Å²) in [5.74, 6) is 0.911. The molecule has 0 spiro atoms. The van der Waals surface area contributed by atoms with Gasteiger partial charge in [-0.2, -0.15) is 0 Å². The zero-order valence-corrected chi connectivity index (χ0v) is 17.2. The van der Waals surface area contributed by atoms with Crippen LogP contribution in [-0.4, -0.2) is 58.9 Å². The first kappa shape index (κ1) is 18.6. The lowest BCUT2D eigenvalue weighted by molar-refractivity contribution is 0.0729. The van der Waals surface area contributed by atoms with Crippen LogP contribution in [0.5, 0.6) is 0 Å². The summed E-state index contributed by atoms with van der Waals surface area (Å²) < 4.78 is 0. The Morgan fingerprint density at radius 2 is 1.83 bits per heavy atom. The van der Waals surface area contributed by atoms with Gasteiger partial charge in [0, 0.05) is 67.8 Å². The van der Waals surface area contributed by atoms with Gasteiger partial charge in [0.15, 0.2) is 5.82 Å². The van der Waals surface area contributed by atoms with Gasteiger partial charge < -0.3 is 14.7 Å². The number of nitrogens with zero attached hydrogens (tertiary/aromatic N) is 5. The Balaban J connectivity index is 1.34. The van der Waals surface area contributed by atoms with Gasteiger partial charge in [-0.05, 0) is 57.0 Å². The SMILES string of the molecule is CN1CCc2nc(C3CCCN3C(=O)c3ccc(N4CCCC4)cc3)ncc2C1. The first-order valence-corrected chi connectivity index (χ1v) is 10.9. The predicted molar refractivity (Wildman–Crippen MR) is 113 cm³/mol. The Morgan fingerprint density at radius 3 is 2.62 bits per heavy atom. The average molecular weight is 392 g/mol. The lowest BCUT2D eigenvalue weighted by Crippen LogP contribution is -2.33. The molecule has 6 nitrogen and oxygen atoms in total. The minimum atomic E-state index is -0.00860. The van der Waals surface area contributed by atoms with Crippen LogP contribution in [0.2, 0.25) is 0 Å².